The van der Waals surface area contributed by atoms with Crippen LogP contribution >= 0.6 is 0 Å². The van der Waals surface area contributed by atoms with Gasteiger partial charge >= 0.3 is 0 Å². The van der Waals surface area contributed by atoms with Gasteiger partial charge in [-0.25, -0.2) is 4.68 Å². The van der Waals surface area contributed by atoms with Crippen LogP contribution in [0.1, 0.15) is 24.1 Å². The van der Waals surface area contributed by atoms with Crippen molar-refractivity contribution >= 4 is 5.91 Å². The predicted molar refractivity (Wildman–Crippen MR) is 74.8 cm³/mol. The lowest BCUT2D eigenvalue weighted by atomic mass is 10.1. The zero-order chi connectivity index (χ0) is 15.1. The second-order valence-corrected chi connectivity index (χ2v) is 4.38. The first-order valence-corrected chi connectivity index (χ1v) is 6.39. The Kier molecular flexibility index (Phi) is 5.01. The molecule has 0 spiro atoms. The number of hydrogen-bond acceptors (Lipinski definition) is 5. The van der Waals surface area contributed by atoms with Gasteiger partial charge in [0, 0.05) is 5.56 Å². The normalized spacial score (nSPS) is 11.3. The van der Waals surface area contributed by atoms with Crippen LogP contribution in [-0.2, 0) is 11.3 Å². The van der Waals surface area contributed by atoms with Gasteiger partial charge in [0.05, 0.1) is 6.04 Å². The van der Waals surface area contributed by atoms with Gasteiger partial charge in [0.2, 0.25) is 5.91 Å². The van der Waals surface area contributed by atoms with Gasteiger partial charge in [-0.1, -0.05) is 24.0 Å². The number of nitrogens with zero attached hydrogens (tertiary/aromatic N) is 4. The molecule has 0 aliphatic rings. The van der Waals surface area contributed by atoms with Crippen molar-refractivity contribution in [1.29, 1.82) is 0 Å². The molecule has 7 nitrogen and oxygen atoms in total. The van der Waals surface area contributed by atoms with E-state index in [1.165, 1.54) is 11.0 Å². The van der Waals surface area contributed by atoms with Gasteiger partial charge in [-0.15, -0.1) is 5.10 Å². The lowest BCUT2D eigenvalue weighted by Crippen LogP contribution is -2.30. The first-order chi connectivity index (χ1) is 10.2. The highest BCUT2D eigenvalue weighted by molar-refractivity contribution is 5.76. The summed E-state index contributed by atoms with van der Waals surface area (Å²) in [6, 6.07) is 7.34. The molecule has 1 heterocycles. The van der Waals surface area contributed by atoms with Crippen LogP contribution < -0.4 is 5.32 Å². The van der Waals surface area contributed by atoms with Crippen molar-refractivity contribution in [2.24, 2.45) is 0 Å². The molecular formula is C14H15N5O2. The second kappa shape index (κ2) is 7.17. The zero-order valence-corrected chi connectivity index (χ0v) is 11.5. The topological polar surface area (TPSA) is 92.9 Å². The molecule has 2 rings (SSSR count). The maximum atomic E-state index is 11.9. The molecule has 0 saturated heterocycles. The first-order valence-electron chi connectivity index (χ1n) is 6.39. The van der Waals surface area contributed by atoms with Crippen molar-refractivity contribution in [3.05, 3.63) is 41.7 Å². The summed E-state index contributed by atoms with van der Waals surface area (Å²) in [6.45, 7) is 1.78. The van der Waals surface area contributed by atoms with E-state index in [-0.39, 0.29) is 25.1 Å². The van der Waals surface area contributed by atoms with Crippen molar-refractivity contribution in [2.75, 3.05) is 6.61 Å². The molecule has 0 radical (unpaired) electrons. The summed E-state index contributed by atoms with van der Waals surface area (Å²) in [7, 11) is 0. The van der Waals surface area contributed by atoms with E-state index < -0.39 is 0 Å². The van der Waals surface area contributed by atoms with E-state index >= 15 is 0 Å². The maximum Gasteiger partial charge on any atom is 0.242 e. The minimum absolute atomic E-state index is 0.0708. The molecule has 1 aromatic heterocycles. The van der Waals surface area contributed by atoms with Crippen molar-refractivity contribution < 1.29 is 9.90 Å². The number of amides is 1. The third-order valence-electron chi connectivity index (χ3n) is 2.77. The number of aromatic nitrogens is 4. The highest BCUT2D eigenvalue weighted by atomic mass is 16.2. The molecule has 1 amide bonds. The number of aliphatic hydroxyl groups excluding tert-OH is 1. The molecule has 2 aromatic rings. The van der Waals surface area contributed by atoms with Crippen LogP contribution in [-0.4, -0.2) is 37.8 Å². The standard InChI is InChI=1S/C14H15N5O2/c1-11(16-14(21)9-19-10-15-17-18-19)13-6-2-4-12(8-13)5-3-7-20/h2,4,6,8,10-11,20H,7,9H2,1H3,(H,16,21). The van der Waals surface area contributed by atoms with Crippen LogP contribution in [0.4, 0.5) is 0 Å². The molecule has 21 heavy (non-hydrogen) atoms. The van der Waals surface area contributed by atoms with Gasteiger partial charge in [-0.2, -0.15) is 0 Å². The van der Waals surface area contributed by atoms with Crippen LogP contribution in [0.25, 0.3) is 0 Å². The first kappa shape index (κ1) is 14.7. The summed E-state index contributed by atoms with van der Waals surface area (Å²) in [4.78, 5) is 11.9. The van der Waals surface area contributed by atoms with Crippen molar-refractivity contribution in [1.82, 2.24) is 25.5 Å². The summed E-state index contributed by atoms with van der Waals surface area (Å²) in [5, 5.41) is 22.1. The van der Waals surface area contributed by atoms with E-state index in [1.807, 2.05) is 31.2 Å². The van der Waals surface area contributed by atoms with Gasteiger partial charge < -0.3 is 10.4 Å². The van der Waals surface area contributed by atoms with Crippen LogP contribution in [0.3, 0.4) is 0 Å². The Morgan fingerprint density at radius 3 is 3.10 bits per heavy atom. The molecular weight excluding hydrogens is 270 g/mol. The molecule has 0 aliphatic carbocycles. The fraction of sp³-hybridized carbons (Fsp3) is 0.286. The Balaban J connectivity index is 1.99. The molecule has 2 N–H and O–H groups in total. The smallest absolute Gasteiger partial charge is 0.242 e. The number of tetrazole rings is 1. The van der Waals surface area contributed by atoms with Gasteiger partial charge in [-0.3, -0.25) is 4.79 Å². The van der Waals surface area contributed by atoms with Crippen LogP contribution in [0.15, 0.2) is 30.6 Å². The third kappa shape index (κ3) is 4.40. The Hall–Kier alpha value is -2.72. The van der Waals surface area contributed by atoms with E-state index in [2.05, 4.69) is 32.7 Å². The minimum atomic E-state index is -0.179. The van der Waals surface area contributed by atoms with Crippen molar-refractivity contribution in [3.63, 3.8) is 0 Å². The molecule has 1 aromatic carbocycles. The molecule has 0 fully saturated rings. The fourth-order valence-electron chi connectivity index (χ4n) is 1.80. The summed E-state index contributed by atoms with van der Waals surface area (Å²) in [6.07, 6.45) is 1.38. The Morgan fingerprint density at radius 2 is 2.38 bits per heavy atom. The minimum Gasteiger partial charge on any atom is -0.384 e. The van der Waals surface area contributed by atoms with Crippen LogP contribution in [0.2, 0.25) is 0 Å². The number of aliphatic hydroxyl groups is 1. The van der Waals surface area contributed by atoms with E-state index in [4.69, 9.17) is 5.11 Å². The Morgan fingerprint density at radius 1 is 1.52 bits per heavy atom. The lowest BCUT2D eigenvalue weighted by molar-refractivity contribution is -0.122. The van der Waals surface area contributed by atoms with E-state index in [0.717, 1.165) is 11.1 Å². The van der Waals surface area contributed by atoms with Gasteiger partial charge in [0.1, 0.15) is 19.5 Å². The molecule has 7 heteroatoms. The quantitative estimate of drug-likeness (QED) is 0.765. The molecule has 0 bridgehead atoms. The number of hydrogen-bond donors (Lipinski definition) is 2. The molecule has 0 saturated carbocycles. The van der Waals surface area contributed by atoms with Gasteiger partial charge in [-0.05, 0) is 35.0 Å². The van der Waals surface area contributed by atoms with Crippen molar-refractivity contribution in [2.45, 2.75) is 19.5 Å². The number of benzene rings is 1. The zero-order valence-electron chi connectivity index (χ0n) is 11.5. The second-order valence-electron chi connectivity index (χ2n) is 4.38. The van der Waals surface area contributed by atoms with Crippen molar-refractivity contribution in [3.8, 4) is 11.8 Å². The summed E-state index contributed by atoms with van der Waals surface area (Å²) in [5.41, 5.74) is 1.73. The highest BCUT2D eigenvalue weighted by Gasteiger charge is 2.10. The SMILES string of the molecule is CC(NC(=O)Cn1cnnn1)c1cccc(C#CCO)c1. The van der Waals surface area contributed by atoms with Gasteiger partial charge in [0.25, 0.3) is 0 Å². The van der Waals surface area contributed by atoms with Crippen LogP contribution in [0.5, 0.6) is 0 Å². The summed E-state index contributed by atoms with van der Waals surface area (Å²) in [5.74, 6) is 5.25. The number of carbonyl (C=O) groups excluding carboxylic acids is 1. The van der Waals surface area contributed by atoms with E-state index in [1.54, 1.807) is 0 Å². The number of nitrogens with one attached hydrogen (secondary N) is 1. The number of carbonyl (C=O) groups is 1. The number of rotatable bonds is 4. The molecule has 1 unspecified atom stereocenters. The summed E-state index contributed by atoms with van der Waals surface area (Å²) < 4.78 is 1.35. The van der Waals surface area contributed by atoms with Crippen LogP contribution in [0, 0.1) is 11.8 Å². The highest BCUT2D eigenvalue weighted by Crippen LogP contribution is 2.13. The fourth-order valence-corrected chi connectivity index (χ4v) is 1.80. The molecule has 1 atom stereocenters. The maximum absolute atomic E-state index is 11.9. The Bertz CT molecular complexity index is 657. The average Bonchev–Trinajstić information content (AvgIpc) is 2.98. The monoisotopic (exact) mass is 285 g/mol. The van der Waals surface area contributed by atoms with E-state index in [0.29, 0.717) is 0 Å². The Labute approximate surface area is 122 Å². The summed E-state index contributed by atoms with van der Waals surface area (Å²) >= 11 is 0. The molecule has 0 aliphatic heterocycles. The predicted octanol–water partition coefficient (Wildman–Crippen LogP) is -0.106. The lowest BCUT2D eigenvalue weighted by Gasteiger charge is -2.14. The van der Waals surface area contributed by atoms with Gasteiger partial charge in [0.15, 0.2) is 0 Å². The largest absolute Gasteiger partial charge is 0.384 e. The van der Waals surface area contributed by atoms with E-state index in [9.17, 15) is 4.79 Å². The third-order valence-corrected chi connectivity index (χ3v) is 2.77. The molecule has 108 valence electrons. The average molecular weight is 285 g/mol.